The number of para-hydroxylation sites is 2. The summed E-state index contributed by atoms with van der Waals surface area (Å²) in [5, 5.41) is 4.90. The van der Waals surface area contributed by atoms with E-state index < -0.39 is 0 Å². The zero-order valence-corrected chi connectivity index (χ0v) is 10.6. The van der Waals surface area contributed by atoms with Gasteiger partial charge in [-0.3, -0.25) is 5.01 Å². The summed E-state index contributed by atoms with van der Waals surface area (Å²) in [6.07, 6.45) is 0. The molecule has 0 amide bonds. The lowest BCUT2D eigenvalue weighted by Crippen LogP contribution is -2.75. The number of amidine groups is 1. The molecule has 0 bridgehead atoms. The van der Waals surface area contributed by atoms with Crippen molar-refractivity contribution in [1.82, 2.24) is 15.6 Å². The highest BCUT2D eigenvalue weighted by Crippen LogP contribution is 2.35. The number of anilines is 1. The predicted molar refractivity (Wildman–Crippen MR) is 67.7 cm³/mol. The Kier molecular flexibility index (Phi) is 2.91. The van der Waals surface area contributed by atoms with Gasteiger partial charge in [-0.1, -0.05) is 12.1 Å². The van der Waals surface area contributed by atoms with Gasteiger partial charge in [0.1, 0.15) is 12.7 Å². The van der Waals surface area contributed by atoms with E-state index in [1.165, 1.54) is 0 Å². The van der Waals surface area contributed by atoms with Crippen molar-refractivity contribution in [3.63, 3.8) is 0 Å². The summed E-state index contributed by atoms with van der Waals surface area (Å²) >= 11 is 0. The fourth-order valence-electron chi connectivity index (χ4n) is 1.97. The molecule has 0 saturated heterocycles. The quantitative estimate of drug-likeness (QED) is 0.323. The summed E-state index contributed by atoms with van der Waals surface area (Å²) in [6.45, 7) is 0. The smallest absolute Gasteiger partial charge is 0.258 e. The standard InChI is InChI=1S/C11H18N5O/c1-12-11(13-2)17-16(4)10-8-6-5-7-9(10)15(3)14-16/h5-8,14H,1-4H3,(H,12,13)/q+1/p+1. The molecule has 1 aromatic carbocycles. The predicted octanol–water partition coefficient (Wildman–Crippen LogP) is -1.29. The second-order valence-electron chi connectivity index (χ2n) is 3.99. The van der Waals surface area contributed by atoms with Gasteiger partial charge >= 0.3 is 6.02 Å². The molecule has 1 unspecified atom stereocenters. The maximum atomic E-state index is 5.87. The SMILES string of the molecule is CNC(=[NH+]C)O[N+]1(C)NN(C)c2ccccc21. The van der Waals surface area contributed by atoms with Gasteiger partial charge in [0.25, 0.3) is 0 Å². The van der Waals surface area contributed by atoms with Gasteiger partial charge in [0.05, 0.1) is 14.1 Å². The molecule has 92 valence electrons. The van der Waals surface area contributed by atoms with Crippen LogP contribution in [0.4, 0.5) is 11.4 Å². The molecule has 6 nitrogen and oxygen atoms in total. The number of fused-ring (bicyclic) bond motifs is 1. The van der Waals surface area contributed by atoms with E-state index in [0.717, 1.165) is 11.4 Å². The molecule has 0 fully saturated rings. The summed E-state index contributed by atoms with van der Waals surface area (Å²) in [5.41, 5.74) is 5.39. The van der Waals surface area contributed by atoms with E-state index in [2.05, 4.69) is 15.8 Å². The van der Waals surface area contributed by atoms with Gasteiger partial charge in [0, 0.05) is 13.1 Å². The van der Waals surface area contributed by atoms with Crippen molar-refractivity contribution in [2.45, 2.75) is 0 Å². The molecule has 2 rings (SSSR count). The van der Waals surface area contributed by atoms with E-state index in [9.17, 15) is 0 Å². The first kappa shape index (κ1) is 11.7. The summed E-state index contributed by atoms with van der Waals surface area (Å²) < 4.78 is 0.156. The molecule has 1 heterocycles. The number of quaternary nitrogens is 1. The van der Waals surface area contributed by atoms with Crippen LogP contribution >= 0.6 is 0 Å². The van der Waals surface area contributed by atoms with Crippen molar-refractivity contribution in [2.24, 2.45) is 0 Å². The minimum atomic E-state index is 0.156. The van der Waals surface area contributed by atoms with E-state index in [1.54, 1.807) is 0 Å². The largest absolute Gasteiger partial charge is 0.494 e. The highest BCUT2D eigenvalue weighted by molar-refractivity contribution is 5.73. The Labute approximate surface area is 101 Å². The van der Waals surface area contributed by atoms with Crippen LogP contribution in [-0.4, -0.2) is 34.2 Å². The molecule has 0 saturated carbocycles. The number of nitrogens with one attached hydrogen (secondary N) is 3. The maximum absolute atomic E-state index is 5.87. The first-order chi connectivity index (χ1) is 8.10. The average Bonchev–Trinajstić information content (AvgIpc) is 2.60. The second kappa shape index (κ2) is 4.23. The highest BCUT2D eigenvalue weighted by atomic mass is 16.8. The molecule has 17 heavy (non-hydrogen) atoms. The van der Waals surface area contributed by atoms with Crippen molar-refractivity contribution in [3.8, 4) is 0 Å². The van der Waals surface area contributed by atoms with Crippen LogP contribution in [0.15, 0.2) is 24.3 Å². The number of hydrazine groups is 1. The second-order valence-corrected chi connectivity index (χ2v) is 3.99. The normalized spacial score (nSPS) is 23.5. The van der Waals surface area contributed by atoms with Crippen LogP contribution < -0.4 is 25.6 Å². The van der Waals surface area contributed by atoms with Gasteiger partial charge in [-0.25, -0.2) is 10.3 Å². The number of hydroxylamine groups is 1. The lowest BCUT2D eigenvalue weighted by Gasteiger charge is -2.23. The number of rotatable bonds is 1. The van der Waals surface area contributed by atoms with Gasteiger partial charge < -0.3 is 0 Å². The molecule has 0 spiro atoms. The minimum Gasteiger partial charge on any atom is -0.258 e. The number of nitrogens with zero attached hydrogens (tertiary/aromatic N) is 2. The first-order valence-electron chi connectivity index (χ1n) is 5.50. The van der Waals surface area contributed by atoms with Gasteiger partial charge in [-0.05, 0) is 16.4 Å². The van der Waals surface area contributed by atoms with Crippen molar-refractivity contribution in [2.75, 3.05) is 33.2 Å². The first-order valence-corrected chi connectivity index (χ1v) is 5.50. The van der Waals surface area contributed by atoms with E-state index in [-0.39, 0.29) is 4.76 Å². The number of hydrogen-bond acceptors (Lipinski definition) is 3. The molecule has 1 atom stereocenters. The Bertz CT molecular complexity index is 447. The van der Waals surface area contributed by atoms with Crippen LogP contribution in [0.1, 0.15) is 0 Å². The summed E-state index contributed by atoms with van der Waals surface area (Å²) in [4.78, 5) is 8.83. The molecule has 1 aliphatic heterocycles. The van der Waals surface area contributed by atoms with Gasteiger partial charge in [0.2, 0.25) is 5.69 Å². The number of benzene rings is 1. The summed E-state index contributed by atoms with van der Waals surface area (Å²) in [7, 11) is 7.52. The monoisotopic (exact) mass is 237 g/mol. The Balaban J connectivity index is 2.35. The fourth-order valence-corrected chi connectivity index (χ4v) is 1.97. The van der Waals surface area contributed by atoms with Crippen LogP contribution in [0.2, 0.25) is 0 Å². The van der Waals surface area contributed by atoms with E-state index >= 15 is 0 Å². The third-order valence-corrected chi connectivity index (χ3v) is 2.77. The fraction of sp³-hybridized carbons (Fsp3) is 0.364. The Morgan fingerprint density at radius 2 is 2.18 bits per heavy atom. The van der Waals surface area contributed by atoms with Crippen LogP contribution in [0.5, 0.6) is 0 Å². The molecule has 6 heteroatoms. The van der Waals surface area contributed by atoms with Crippen LogP contribution in [0, 0.1) is 0 Å². The Hall–Kier alpha value is -1.79. The highest BCUT2D eigenvalue weighted by Gasteiger charge is 2.43. The average molecular weight is 237 g/mol. The molecule has 3 N–H and O–H groups in total. The topological polar surface area (TPSA) is 50.5 Å². The zero-order chi connectivity index (χ0) is 12.5. The lowest BCUT2D eigenvalue weighted by atomic mass is 10.2. The summed E-state index contributed by atoms with van der Waals surface area (Å²) in [5.74, 6) is 0. The van der Waals surface area contributed by atoms with Crippen molar-refractivity contribution < 1.29 is 9.83 Å². The Morgan fingerprint density at radius 3 is 2.82 bits per heavy atom. The number of hydrogen-bond donors (Lipinski definition) is 3. The lowest BCUT2D eigenvalue weighted by molar-refractivity contribution is -0.441. The molecule has 0 radical (unpaired) electrons. The van der Waals surface area contributed by atoms with E-state index in [0.29, 0.717) is 6.02 Å². The van der Waals surface area contributed by atoms with E-state index in [4.69, 9.17) is 4.84 Å². The maximum Gasteiger partial charge on any atom is 0.494 e. The molecule has 0 aromatic heterocycles. The van der Waals surface area contributed by atoms with Crippen LogP contribution in [0.25, 0.3) is 0 Å². The van der Waals surface area contributed by atoms with E-state index in [1.807, 2.05) is 57.5 Å². The van der Waals surface area contributed by atoms with Crippen molar-refractivity contribution in [3.05, 3.63) is 24.3 Å². The molecular weight excluding hydrogens is 218 g/mol. The molecular formula is C11H19N5O+2. The van der Waals surface area contributed by atoms with Gasteiger partial charge in [-0.2, -0.15) is 4.84 Å². The molecule has 1 aromatic rings. The van der Waals surface area contributed by atoms with Gasteiger partial charge in [0.15, 0.2) is 0 Å². The van der Waals surface area contributed by atoms with Crippen molar-refractivity contribution >= 4 is 17.4 Å². The molecule has 0 aliphatic carbocycles. The van der Waals surface area contributed by atoms with Crippen molar-refractivity contribution in [1.29, 1.82) is 0 Å². The third kappa shape index (κ3) is 1.92. The minimum absolute atomic E-state index is 0.156. The third-order valence-electron chi connectivity index (χ3n) is 2.77. The van der Waals surface area contributed by atoms with Gasteiger partial charge in [-0.15, -0.1) is 0 Å². The van der Waals surface area contributed by atoms with Crippen LogP contribution in [-0.2, 0) is 4.84 Å². The molecule has 1 aliphatic rings. The summed E-state index contributed by atoms with van der Waals surface area (Å²) in [6, 6.07) is 8.69. The zero-order valence-electron chi connectivity index (χ0n) is 10.6. The Morgan fingerprint density at radius 1 is 1.47 bits per heavy atom. The van der Waals surface area contributed by atoms with Crippen LogP contribution in [0.3, 0.4) is 0 Å².